The van der Waals surface area contributed by atoms with Crippen LogP contribution in [0.4, 0.5) is 0 Å². The molecule has 74 valence electrons. The van der Waals surface area contributed by atoms with Crippen molar-refractivity contribution in [3.63, 3.8) is 0 Å². The van der Waals surface area contributed by atoms with Crippen molar-refractivity contribution in [2.75, 3.05) is 6.54 Å². The third kappa shape index (κ3) is 1.94. The van der Waals surface area contributed by atoms with E-state index in [1.807, 2.05) is 6.92 Å². The SMILES string of the molecule is CC1(C(=O)NCC2CC2(Cl)Cl)CC1. The number of hydrogen-bond acceptors (Lipinski definition) is 1. The Morgan fingerprint density at radius 2 is 2.08 bits per heavy atom. The molecule has 1 atom stereocenters. The average Bonchev–Trinajstić information content (AvgIpc) is 2.88. The highest BCUT2D eigenvalue weighted by molar-refractivity contribution is 6.50. The first-order valence-corrected chi connectivity index (χ1v) is 5.36. The summed E-state index contributed by atoms with van der Waals surface area (Å²) in [5, 5.41) is 2.89. The summed E-state index contributed by atoms with van der Waals surface area (Å²) >= 11 is 11.7. The van der Waals surface area contributed by atoms with Crippen molar-refractivity contribution in [3.05, 3.63) is 0 Å². The molecular formula is C9H13Cl2NO. The summed E-state index contributed by atoms with van der Waals surface area (Å²) in [6, 6.07) is 0. The van der Waals surface area contributed by atoms with E-state index in [2.05, 4.69) is 5.32 Å². The highest BCUT2D eigenvalue weighted by atomic mass is 35.5. The Morgan fingerprint density at radius 3 is 2.46 bits per heavy atom. The van der Waals surface area contributed by atoms with Crippen molar-refractivity contribution in [2.24, 2.45) is 11.3 Å². The Balaban J connectivity index is 1.72. The minimum atomic E-state index is -0.572. The molecule has 13 heavy (non-hydrogen) atoms. The van der Waals surface area contributed by atoms with E-state index in [4.69, 9.17) is 23.2 Å². The highest BCUT2D eigenvalue weighted by Crippen LogP contribution is 2.53. The first-order chi connectivity index (χ1) is 5.94. The minimum absolute atomic E-state index is 0.0871. The lowest BCUT2D eigenvalue weighted by Gasteiger charge is -2.09. The highest BCUT2D eigenvalue weighted by Gasteiger charge is 2.52. The molecule has 2 rings (SSSR count). The van der Waals surface area contributed by atoms with Gasteiger partial charge in [0, 0.05) is 17.9 Å². The first-order valence-electron chi connectivity index (χ1n) is 4.60. The molecule has 0 aromatic heterocycles. The van der Waals surface area contributed by atoms with Gasteiger partial charge in [-0.1, -0.05) is 6.92 Å². The second-order valence-corrected chi connectivity index (χ2v) is 5.98. The number of carbonyl (C=O) groups is 1. The van der Waals surface area contributed by atoms with Crippen LogP contribution < -0.4 is 5.32 Å². The number of nitrogens with one attached hydrogen (secondary N) is 1. The third-order valence-electron chi connectivity index (χ3n) is 3.01. The largest absolute Gasteiger partial charge is 0.355 e. The van der Waals surface area contributed by atoms with Crippen LogP contribution >= 0.6 is 23.2 Å². The van der Waals surface area contributed by atoms with Gasteiger partial charge in [-0.3, -0.25) is 4.79 Å². The molecule has 0 spiro atoms. The van der Waals surface area contributed by atoms with Gasteiger partial charge < -0.3 is 5.32 Å². The van der Waals surface area contributed by atoms with Crippen LogP contribution in [-0.2, 0) is 4.79 Å². The van der Waals surface area contributed by atoms with Gasteiger partial charge in [-0.25, -0.2) is 0 Å². The summed E-state index contributed by atoms with van der Waals surface area (Å²) < 4.78 is -0.572. The Hall–Kier alpha value is 0.0500. The van der Waals surface area contributed by atoms with E-state index in [0.717, 1.165) is 19.3 Å². The summed E-state index contributed by atoms with van der Waals surface area (Å²) in [4.78, 5) is 11.5. The van der Waals surface area contributed by atoms with Crippen LogP contribution in [0, 0.1) is 11.3 Å². The van der Waals surface area contributed by atoms with Crippen LogP contribution in [0.5, 0.6) is 0 Å². The van der Waals surface area contributed by atoms with Crippen LogP contribution in [0.15, 0.2) is 0 Å². The van der Waals surface area contributed by atoms with E-state index in [1.54, 1.807) is 0 Å². The van der Waals surface area contributed by atoms with E-state index >= 15 is 0 Å². The zero-order chi connectivity index (χ0) is 9.69. The van der Waals surface area contributed by atoms with Gasteiger partial charge in [0.25, 0.3) is 0 Å². The molecule has 2 aliphatic rings. The van der Waals surface area contributed by atoms with Crippen molar-refractivity contribution in [3.8, 4) is 0 Å². The van der Waals surface area contributed by atoms with Crippen molar-refractivity contribution < 1.29 is 4.79 Å². The van der Waals surface area contributed by atoms with Gasteiger partial charge >= 0.3 is 0 Å². The van der Waals surface area contributed by atoms with E-state index in [-0.39, 0.29) is 17.2 Å². The second kappa shape index (κ2) is 2.77. The second-order valence-electron chi connectivity index (χ2n) is 4.43. The van der Waals surface area contributed by atoms with Crippen LogP contribution in [-0.4, -0.2) is 16.8 Å². The summed E-state index contributed by atoms with van der Waals surface area (Å²) in [5.74, 6) is 0.408. The van der Waals surface area contributed by atoms with Gasteiger partial charge in [-0.2, -0.15) is 0 Å². The summed E-state index contributed by atoms with van der Waals surface area (Å²) in [6.45, 7) is 2.62. The molecule has 2 saturated carbocycles. The number of halogens is 2. The fourth-order valence-corrected chi connectivity index (χ4v) is 1.86. The van der Waals surface area contributed by atoms with Crippen LogP contribution in [0.2, 0.25) is 0 Å². The molecule has 1 unspecified atom stereocenters. The predicted octanol–water partition coefficient (Wildman–Crippen LogP) is 2.10. The van der Waals surface area contributed by atoms with Crippen molar-refractivity contribution in [1.29, 1.82) is 0 Å². The number of rotatable bonds is 3. The molecule has 0 aromatic rings. The molecule has 0 aliphatic heterocycles. The van der Waals surface area contributed by atoms with Crippen LogP contribution in [0.1, 0.15) is 26.2 Å². The quantitative estimate of drug-likeness (QED) is 0.728. The molecule has 0 heterocycles. The lowest BCUT2D eigenvalue weighted by Crippen LogP contribution is -2.32. The van der Waals surface area contributed by atoms with Crippen LogP contribution in [0.25, 0.3) is 0 Å². The van der Waals surface area contributed by atoms with E-state index in [9.17, 15) is 4.79 Å². The zero-order valence-corrected chi connectivity index (χ0v) is 9.08. The van der Waals surface area contributed by atoms with Crippen LogP contribution in [0.3, 0.4) is 0 Å². The zero-order valence-electron chi connectivity index (χ0n) is 7.57. The standard InChI is InChI=1S/C9H13Cl2NO/c1-8(2-3-8)7(13)12-5-6-4-9(6,10)11/h6H,2-5H2,1H3,(H,12,13). The monoisotopic (exact) mass is 221 g/mol. The van der Waals surface area contributed by atoms with Gasteiger partial charge in [-0.05, 0) is 19.3 Å². The van der Waals surface area contributed by atoms with Gasteiger partial charge in [0.1, 0.15) is 4.33 Å². The Morgan fingerprint density at radius 1 is 1.54 bits per heavy atom. The summed E-state index contributed by atoms with van der Waals surface area (Å²) in [5.41, 5.74) is -0.0871. The smallest absolute Gasteiger partial charge is 0.225 e. The van der Waals surface area contributed by atoms with Gasteiger partial charge in [0.05, 0.1) is 0 Å². The molecule has 0 bridgehead atoms. The van der Waals surface area contributed by atoms with Crippen molar-refractivity contribution in [2.45, 2.75) is 30.5 Å². The molecule has 1 amide bonds. The van der Waals surface area contributed by atoms with Gasteiger partial charge in [0.2, 0.25) is 5.91 Å². The number of carbonyl (C=O) groups excluding carboxylic acids is 1. The predicted molar refractivity (Wildman–Crippen MR) is 52.9 cm³/mol. The Bertz CT molecular complexity index is 248. The maximum Gasteiger partial charge on any atom is 0.225 e. The summed E-state index contributed by atoms with van der Waals surface area (Å²) in [6.07, 6.45) is 2.82. The molecule has 4 heteroatoms. The minimum Gasteiger partial charge on any atom is -0.355 e. The molecule has 0 aromatic carbocycles. The van der Waals surface area contributed by atoms with Gasteiger partial charge in [-0.15, -0.1) is 23.2 Å². The molecule has 0 radical (unpaired) electrons. The molecule has 2 fully saturated rings. The lowest BCUT2D eigenvalue weighted by molar-refractivity contribution is -0.125. The lowest BCUT2D eigenvalue weighted by atomic mass is 10.1. The van der Waals surface area contributed by atoms with Crippen molar-refractivity contribution in [1.82, 2.24) is 5.32 Å². The number of hydrogen-bond donors (Lipinski definition) is 1. The van der Waals surface area contributed by atoms with Gasteiger partial charge in [0.15, 0.2) is 0 Å². The normalized spacial score (nSPS) is 32.4. The topological polar surface area (TPSA) is 29.1 Å². The molecule has 1 N–H and O–H groups in total. The van der Waals surface area contributed by atoms with Crippen molar-refractivity contribution >= 4 is 29.1 Å². The average molecular weight is 222 g/mol. The molecule has 2 aliphatic carbocycles. The fourth-order valence-electron chi connectivity index (χ4n) is 1.33. The molecule has 2 nitrogen and oxygen atoms in total. The summed E-state index contributed by atoms with van der Waals surface area (Å²) in [7, 11) is 0. The Kier molecular flexibility index (Phi) is 2.04. The molecular weight excluding hydrogens is 209 g/mol. The van der Waals surface area contributed by atoms with E-state index in [1.165, 1.54) is 0 Å². The number of amides is 1. The first kappa shape index (κ1) is 9.60. The van der Waals surface area contributed by atoms with E-state index in [0.29, 0.717) is 6.54 Å². The van der Waals surface area contributed by atoms with E-state index < -0.39 is 4.33 Å². The Labute approximate surface area is 88.0 Å². The fraction of sp³-hybridized carbons (Fsp3) is 0.889. The number of alkyl halides is 2. The maximum atomic E-state index is 11.5. The maximum absolute atomic E-state index is 11.5. The molecule has 0 saturated heterocycles. The third-order valence-corrected chi connectivity index (χ3v) is 3.94.